The molecule has 4 rings (SSSR count). The minimum absolute atomic E-state index is 0.0551. The molecule has 4 nitrogen and oxygen atoms in total. The molecule has 0 saturated heterocycles. The Kier molecular flexibility index (Phi) is 5.61. The summed E-state index contributed by atoms with van der Waals surface area (Å²) in [5, 5.41) is 4.12. The van der Waals surface area contributed by atoms with Crippen LogP contribution >= 0.6 is 0 Å². The average molecular weight is 384 g/mol. The zero-order valence-corrected chi connectivity index (χ0v) is 16.5. The van der Waals surface area contributed by atoms with E-state index < -0.39 is 0 Å². The lowest BCUT2D eigenvalue weighted by atomic mass is 10.1. The SMILES string of the molecule is Cn1cc(CC(=O)Nc2ccccc2OCCc2ccccc2)c2ccccc21. The van der Waals surface area contributed by atoms with Crippen molar-refractivity contribution in [2.45, 2.75) is 12.8 Å². The number of rotatable bonds is 7. The second-order valence-electron chi connectivity index (χ2n) is 7.09. The Morgan fingerprint density at radius 3 is 2.52 bits per heavy atom. The van der Waals surface area contributed by atoms with E-state index in [1.807, 2.05) is 67.8 Å². The third-order valence-corrected chi connectivity index (χ3v) is 4.98. The lowest BCUT2D eigenvalue weighted by molar-refractivity contribution is -0.115. The number of carbonyl (C=O) groups excluding carboxylic acids is 1. The zero-order chi connectivity index (χ0) is 20.1. The molecule has 1 amide bonds. The number of para-hydroxylation sites is 3. The Morgan fingerprint density at radius 1 is 0.931 bits per heavy atom. The van der Waals surface area contributed by atoms with Gasteiger partial charge in [0.05, 0.1) is 18.7 Å². The zero-order valence-electron chi connectivity index (χ0n) is 16.5. The summed E-state index contributed by atoms with van der Waals surface area (Å²) in [5.41, 5.74) is 4.07. The summed E-state index contributed by atoms with van der Waals surface area (Å²) >= 11 is 0. The van der Waals surface area contributed by atoms with E-state index in [1.54, 1.807) is 0 Å². The van der Waals surface area contributed by atoms with Gasteiger partial charge in [0.2, 0.25) is 5.91 Å². The van der Waals surface area contributed by atoms with E-state index in [9.17, 15) is 4.79 Å². The Morgan fingerprint density at radius 2 is 1.66 bits per heavy atom. The quantitative estimate of drug-likeness (QED) is 0.488. The molecule has 0 aliphatic heterocycles. The molecule has 0 fully saturated rings. The van der Waals surface area contributed by atoms with Gasteiger partial charge in [0.25, 0.3) is 0 Å². The Balaban J connectivity index is 1.41. The van der Waals surface area contributed by atoms with Crippen LogP contribution in [0.15, 0.2) is 85.1 Å². The largest absolute Gasteiger partial charge is 0.491 e. The van der Waals surface area contributed by atoms with E-state index in [1.165, 1.54) is 5.56 Å². The lowest BCUT2D eigenvalue weighted by Crippen LogP contribution is -2.15. The van der Waals surface area contributed by atoms with E-state index >= 15 is 0 Å². The fourth-order valence-electron chi connectivity index (χ4n) is 3.55. The molecule has 1 aromatic heterocycles. The van der Waals surface area contributed by atoms with Crippen molar-refractivity contribution in [1.29, 1.82) is 0 Å². The molecule has 1 heterocycles. The number of fused-ring (bicyclic) bond motifs is 1. The first kappa shape index (κ1) is 18.8. The van der Waals surface area contributed by atoms with Gasteiger partial charge in [-0.1, -0.05) is 60.7 Å². The molecule has 0 bridgehead atoms. The number of aryl methyl sites for hydroxylation is 1. The fraction of sp³-hybridized carbons (Fsp3) is 0.160. The topological polar surface area (TPSA) is 43.3 Å². The number of nitrogens with zero attached hydrogens (tertiary/aromatic N) is 1. The standard InChI is InChI=1S/C25H24N2O2/c1-27-18-20(21-11-5-7-13-23(21)27)17-25(28)26-22-12-6-8-14-24(22)29-16-15-19-9-3-2-4-10-19/h2-14,18H,15-17H2,1H3,(H,26,28). The second-order valence-corrected chi connectivity index (χ2v) is 7.09. The molecule has 0 atom stereocenters. The minimum Gasteiger partial charge on any atom is -0.491 e. The number of hydrogen-bond acceptors (Lipinski definition) is 2. The third kappa shape index (κ3) is 4.49. The fourth-order valence-corrected chi connectivity index (χ4v) is 3.55. The summed E-state index contributed by atoms with van der Waals surface area (Å²) in [5.74, 6) is 0.634. The van der Waals surface area contributed by atoms with Crippen molar-refractivity contribution in [1.82, 2.24) is 4.57 Å². The van der Waals surface area contributed by atoms with Gasteiger partial charge in [0.15, 0.2) is 0 Å². The molecular weight excluding hydrogens is 360 g/mol. The number of benzene rings is 3. The molecule has 0 spiro atoms. The molecule has 0 saturated carbocycles. The Hall–Kier alpha value is -3.53. The molecule has 146 valence electrons. The van der Waals surface area contributed by atoms with Gasteiger partial charge in [-0.05, 0) is 29.3 Å². The van der Waals surface area contributed by atoms with Crippen LogP contribution in [0, 0.1) is 0 Å². The summed E-state index contributed by atoms with van der Waals surface area (Å²) in [7, 11) is 2.00. The van der Waals surface area contributed by atoms with Crippen molar-refractivity contribution in [3.63, 3.8) is 0 Å². The average Bonchev–Trinajstić information content (AvgIpc) is 3.06. The van der Waals surface area contributed by atoms with Gasteiger partial charge in [-0.25, -0.2) is 0 Å². The molecule has 4 heteroatoms. The summed E-state index contributed by atoms with van der Waals surface area (Å²) in [6.07, 6.45) is 3.16. The van der Waals surface area contributed by atoms with E-state index in [0.717, 1.165) is 22.9 Å². The molecule has 0 aliphatic carbocycles. The van der Waals surface area contributed by atoms with Crippen LogP contribution in [0.1, 0.15) is 11.1 Å². The molecule has 0 radical (unpaired) electrons. The van der Waals surface area contributed by atoms with Gasteiger partial charge in [-0.15, -0.1) is 0 Å². The first-order valence-corrected chi connectivity index (χ1v) is 9.79. The number of amides is 1. The number of aromatic nitrogens is 1. The first-order valence-electron chi connectivity index (χ1n) is 9.79. The van der Waals surface area contributed by atoms with Crippen LogP contribution in [-0.4, -0.2) is 17.1 Å². The van der Waals surface area contributed by atoms with Crippen molar-refractivity contribution in [2.24, 2.45) is 7.05 Å². The summed E-state index contributed by atoms with van der Waals surface area (Å²) in [4.78, 5) is 12.7. The van der Waals surface area contributed by atoms with Gasteiger partial charge in [-0.3, -0.25) is 4.79 Å². The normalized spacial score (nSPS) is 10.8. The molecule has 3 aromatic carbocycles. The van der Waals surface area contributed by atoms with E-state index in [-0.39, 0.29) is 5.91 Å². The molecule has 0 unspecified atom stereocenters. The van der Waals surface area contributed by atoms with Crippen molar-refractivity contribution < 1.29 is 9.53 Å². The van der Waals surface area contributed by atoms with Gasteiger partial charge in [0, 0.05) is 30.6 Å². The summed E-state index contributed by atoms with van der Waals surface area (Å²) < 4.78 is 8.00. The molecular formula is C25H24N2O2. The number of anilines is 1. The number of hydrogen-bond donors (Lipinski definition) is 1. The molecule has 29 heavy (non-hydrogen) atoms. The monoisotopic (exact) mass is 384 g/mol. The van der Waals surface area contributed by atoms with Crippen LogP contribution < -0.4 is 10.1 Å². The van der Waals surface area contributed by atoms with Crippen LogP contribution in [0.25, 0.3) is 10.9 Å². The highest BCUT2D eigenvalue weighted by Crippen LogP contribution is 2.25. The third-order valence-electron chi connectivity index (χ3n) is 4.98. The predicted octanol–water partition coefficient (Wildman–Crippen LogP) is 4.98. The minimum atomic E-state index is -0.0551. The number of nitrogens with one attached hydrogen (secondary N) is 1. The lowest BCUT2D eigenvalue weighted by Gasteiger charge is -2.12. The number of ether oxygens (including phenoxy) is 1. The smallest absolute Gasteiger partial charge is 0.228 e. The van der Waals surface area contributed by atoms with E-state index in [2.05, 4.69) is 34.1 Å². The second kappa shape index (κ2) is 8.65. The van der Waals surface area contributed by atoms with E-state index in [0.29, 0.717) is 24.5 Å². The maximum atomic E-state index is 12.7. The highest BCUT2D eigenvalue weighted by Gasteiger charge is 2.12. The highest BCUT2D eigenvalue weighted by molar-refractivity contribution is 5.96. The number of carbonyl (C=O) groups is 1. The summed E-state index contributed by atoms with van der Waals surface area (Å²) in [6, 6.07) is 25.9. The van der Waals surface area contributed by atoms with Crippen molar-refractivity contribution in [3.05, 3.63) is 96.2 Å². The van der Waals surface area contributed by atoms with Crippen LogP contribution in [-0.2, 0) is 24.7 Å². The van der Waals surface area contributed by atoms with Gasteiger partial charge >= 0.3 is 0 Å². The van der Waals surface area contributed by atoms with Crippen LogP contribution in [0.4, 0.5) is 5.69 Å². The first-order chi connectivity index (χ1) is 14.2. The maximum absolute atomic E-state index is 12.7. The Labute approximate surface area is 170 Å². The van der Waals surface area contributed by atoms with Crippen LogP contribution in [0.2, 0.25) is 0 Å². The van der Waals surface area contributed by atoms with Gasteiger partial charge in [-0.2, -0.15) is 0 Å². The summed E-state index contributed by atoms with van der Waals surface area (Å²) in [6.45, 7) is 0.556. The van der Waals surface area contributed by atoms with Crippen molar-refractivity contribution in [2.75, 3.05) is 11.9 Å². The molecule has 0 aliphatic rings. The van der Waals surface area contributed by atoms with Gasteiger partial charge < -0.3 is 14.6 Å². The predicted molar refractivity (Wildman–Crippen MR) is 117 cm³/mol. The van der Waals surface area contributed by atoms with E-state index in [4.69, 9.17) is 4.74 Å². The highest BCUT2D eigenvalue weighted by atomic mass is 16.5. The van der Waals surface area contributed by atoms with Crippen molar-refractivity contribution in [3.8, 4) is 5.75 Å². The van der Waals surface area contributed by atoms with Crippen molar-refractivity contribution >= 4 is 22.5 Å². The van der Waals surface area contributed by atoms with Crippen LogP contribution in [0.5, 0.6) is 5.75 Å². The molecule has 1 N–H and O–H groups in total. The van der Waals surface area contributed by atoms with Gasteiger partial charge in [0.1, 0.15) is 5.75 Å². The van der Waals surface area contributed by atoms with Crippen LogP contribution in [0.3, 0.4) is 0 Å². The maximum Gasteiger partial charge on any atom is 0.228 e. The molecule has 4 aromatic rings. The Bertz CT molecular complexity index is 1120.